The molecule has 116 valence electrons. The van der Waals surface area contributed by atoms with E-state index in [9.17, 15) is 4.79 Å². The van der Waals surface area contributed by atoms with Crippen LogP contribution < -0.4 is 0 Å². The van der Waals surface area contributed by atoms with Gasteiger partial charge in [0.05, 0.1) is 0 Å². The summed E-state index contributed by atoms with van der Waals surface area (Å²) in [5.41, 5.74) is 0. The molecule has 4 heteroatoms. The van der Waals surface area contributed by atoms with Crippen LogP contribution in [0.5, 0.6) is 0 Å². The highest BCUT2D eigenvalue weighted by atomic mass is 32.2. The summed E-state index contributed by atoms with van der Waals surface area (Å²) in [4.78, 5) is 15.7. The van der Waals surface area contributed by atoms with Crippen molar-refractivity contribution < 1.29 is 4.79 Å². The lowest BCUT2D eigenvalue weighted by Crippen LogP contribution is -2.44. The van der Waals surface area contributed by atoms with E-state index in [1.54, 1.807) is 17.4 Å². The van der Waals surface area contributed by atoms with Crippen LogP contribution in [0.3, 0.4) is 0 Å². The fourth-order valence-electron chi connectivity index (χ4n) is 2.45. The minimum absolute atomic E-state index is 0.169. The van der Waals surface area contributed by atoms with Crippen molar-refractivity contribution in [2.24, 2.45) is 0 Å². The summed E-state index contributed by atoms with van der Waals surface area (Å²) in [5, 5.41) is 2.04. The predicted molar refractivity (Wildman–Crippen MR) is 94.9 cm³/mol. The van der Waals surface area contributed by atoms with Crippen LogP contribution in [0.25, 0.3) is 6.08 Å². The van der Waals surface area contributed by atoms with E-state index in [-0.39, 0.29) is 10.7 Å². The molecule has 21 heavy (non-hydrogen) atoms. The molecule has 1 aromatic heterocycles. The first-order valence-corrected chi connectivity index (χ1v) is 9.48. The molecule has 2 nitrogen and oxygen atoms in total. The Bertz CT molecular complexity index is 473. The largest absolute Gasteiger partial charge is 0.335 e. The second-order valence-corrected chi connectivity index (χ2v) is 9.28. The van der Waals surface area contributed by atoms with Crippen molar-refractivity contribution in [2.45, 2.75) is 50.8 Å². The third kappa shape index (κ3) is 5.51. The third-order valence-electron chi connectivity index (χ3n) is 3.55. The van der Waals surface area contributed by atoms with Crippen molar-refractivity contribution in [3.63, 3.8) is 0 Å². The van der Waals surface area contributed by atoms with Gasteiger partial charge >= 0.3 is 0 Å². The van der Waals surface area contributed by atoms with Crippen molar-refractivity contribution in [1.29, 1.82) is 0 Å². The first kappa shape index (κ1) is 16.6. The van der Waals surface area contributed by atoms with E-state index < -0.39 is 0 Å². The highest BCUT2D eigenvalue weighted by molar-refractivity contribution is 8.00. The van der Waals surface area contributed by atoms with E-state index in [0.717, 1.165) is 30.0 Å². The number of carbonyl (C=O) groups is 1. The van der Waals surface area contributed by atoms with Crippen LogP contribution in [0.1, 0.15) is 44.9 Å². The van der Waals surface area contributed by atoms with E-state index in [0.29, 0.717) is 6.04 Å². The summed E-state index contributed by atoms with van der Waals surface area (Å²) < 4.78 is 0.263. The van der Waals surface area contributed by atoms with Gasteiger partial charge in [-0.15, -0.1) is 11.3 Å². The van der Waals surface area contributed by atoms with Crippen LogP contribution >= 0.6 is 23.1 Å². The second kappa shape index (κ2) is 7.50. The number of rotatable bonds is 4. The maximum absolute atomic E-state index is 12.5. The molecule has 0 aliphatic carbocycles. The number of nitrogens with zero attached hydrogens (tertiary/aromatic N) is 1. The van der Waals surface area contributed by atoms with Gasteiger partial charge in [0.1, 0.15) is 0 Å². The van der Waals surface area contributed by atoms with E-state index in [1.807, 2.05) is 35.4 Å². The summed E-state index contributed by atoms with van der Waals surface area (Å²) in [6.07, 6.45) is 7.20. The van der Waals surface area contributed by atoms with Crippen molar-refractivity contribution >= 4 is 35.1 Å². The van der Waals surface area contributed by atoms with Crippen molar-refractivity contribution in [1.82, 2.24) is 4.90 Å². The number of carbonyl (C=O) groups excluding carboxylic acids is 1. The lowest BCUT2D eigenvalue weighted by molar-refractivity contribution is -0.128. The van der Waals surface area contributed by atoms with E-state index in [1.165, 1.54) is 6.42 Å². The Kier molecular flexibility index (Phi) is 5.94. The molecule has 1 unspecified atom stereocenters. The molecule has 1 fully saturated rings. The normalized spacial score (nSPS) is 20.1. The molecule has 1 saturated heterocycles. The van der Waals surface area contributed by atoms with Crippen LogP contribution in [0.2, 0.25) is 0 Å². The van der Waals surface area contributed by atoms with Crippen LogP contribution in [0, 0.1) is 0 Å². The first-order valence-electron chi connectivity index (χ1n) is 7.62. The Labute approximate surface area is 136 Å². The predicted octanol–water partition coefficient (Wildman–Crippen LogP) is 4.67. The van der Waals surface area contributed by atoms with Gasteiger partial charge in [-0.1, -0.05) is 26.8 Å². The Balaban J connectivity index is 1.95. The van der Waals surface area contributed by atoms with E-state index in [4.69, 9.17) is 0 Å². The standard InChI is InChI=1S/C17H25NOS2/c1-17(2,3)21-13-14-7-4-5-11-18(14)16(19)10-9-15-8-6-12-20-15/h6,8-10,12,14H,4-5,7,11,13H2,1-3H3/b10-9+. The van der Waals surface area contributed by atoms with E-state index in [2.05, 4.69) is 25.7 Å². The van der Waals surface area contributed by atoms with Crippen molar-refractivity contribution in [2.75, 3.05) is 12.3 Å². The maximum Gasteiger partial charge on any atom is 0.246 e. The van der Waals surface area contributed by atoms with Crippen LogP contribution in [0.4, 0.5) is 0 Å². The average molecular weight is 324 g/mol. The van der Waals surface area contributed by atoms with Crippen LogP contribution in [0.15, 0.2) is 23.6 Å². The minimum atomic E-state index is 0.169. The molecule has 0 N–H and O–H groups in total. The summed E-state index contributed by atoms with van der Waals surface area (Å²) in [6, 6.07) is 4.44. The number of hydrogen-bond acceptors (Lipinski definition) is 3. The molecule has 1 atom stereocenters. The van der Waals surface area contributed by atoms with Crippen LogP contribution in [-0.2, 0) is 4.79 Å². The third-order valence-corrected chi connectivity index (χ3v) is 5.81. The number of thiophene rings is 1. The Hall–Kier alpha value is -0.740. The SMILES string of the molecule is CC(C)(C)SCC1CCCCN1C(=O)/C=C/c1cccs1. The van der Waals surface area contributed by atoms with Crippen LogP contribution in [-0.4, -0.2) is 33.9 Å². The molecule has 1 aliphatic rings. The molecule has 0 radical (unpaired) electrons. The monoisotopic (exact) mass is 323 g/mol. The quantitative estimate of drug-likeness (QED) is 0.750. The highest BCUT2D eigenvalue weighted by Gasteiger charge is 2.26. The molecular formula is C17H25NOS2. The Morgan fingerprint density at radius 2 is 2.29 bits per heavy atom. The molecule has 0 bridgehead atoms. The molecule has 1 aliphatic heterocycles. The van der Waals surface area contributed by atoms with Gasteiger partial charge in [0.25, 0.3) is 0 Å². The lowest BCUT2D eigenvalue weighted by Gasteiger charge is -2.36. The number of likely N-dealkylation sites (tertiary alicyclic amines) is 1. The van der Waals surface area contributed by atoms with Gasteiger partial charge in [-0.2, -0.15) is 11.8 Å². The zero-order chi connectivity index (χ0) is 15.3. The highest BCUT2D eigenvalue weighted by Crippen LogP contribution is 2.28. The maximum atomic E-state index is 12.5. The molecule has 0 spiro atoms. The Morgan fingerprint density at radius 1 is 1.48 bits per heavy atom. The smallest absolute Gasteiger partial charge is 0.246 e. The summed E-state index contributed by atoms with van der Waals surface area (Å²) in [5.74, 6) is 1.21. The van der Waals surface area contributed by atoms with E-state index >= 15 is 0 Å². The number of amides is 1. The zero-order valence-corrected chi connectivity index (χ0v) is 14.8. The lowest BCUT2D eigenvalue weighted by atomic mass is 10.0. The van der Waals surface area contributed by atoms with Gasteiger partial charge in [-0.25, -0.2) is 0 Å². The molecule has 1 amide bonds. The Morgan fingerprint density at radius 3 is 2.95 bits per heavy atom. The minimum Gasteiger partial charge on any atom is -0.335 e. The van der Waals surface area contributed by atoms with Gasteiger partial charge in [0.2, 0.25) is 5.91 Å². The fourth-order valence-corrected chi connectivity index (χ4v) is 4.10. The van der Waals surface area contributed by atoms with Crippen molar-refractivity contribution in [3.05, 3.63) is 28.5 Å². The molecule has 2 heterocycles. The number of piperidine rings is 1. The number of thioether (sulfide) groups is 1. The van der Waals surface area contributed by atoms with Gasteiger partial charge in [-0.05, 0) is 36.8 Å². The number of hydrogen-bond donors (Lipinski definition) is 0. The van der Waals surface area contributed by atoms with Gasteiger partial charge in [-0.3, -0.25) is 4.79 Å². The summed E-state index contributed by atoms with van der Waals surface area (Å²) >= 11 is 3.63. The average Bonchev–Trinajstić information content (AvgIpc) is 2.95. The van der Waals surface area contributed by atoms with Gasteiger partial charge in [0.15, 0.2) is 0 Å². The second-order valence-electron chi connectivity index (χ2n) is 6.45. The fraction of sp³-hybridized carbons (Fsp3) is 0.588. The molecular weight excluding hydrogens is 298 g/mol. The molecule has 2 rings (SSSR count). The zero-order valence-electron chi connectivity index (χ0n) is 13.2. The first-order chi connectivity index (χ1) is 9.96. The summed E-state index contributed by atoms with van der Waals surface area (Å²) in [7, 11) is 0. The van der Waals surface area contributed by atoms with Crippen molar-refractivity contribution in [3.8, 4) is 0 Å². The molecule has 0 saturated carbocycles. The summed E-state index contributed by atoms with van der Waals surface area (Å²) in [6.45, 7) is 7.62. The van der Waals surface area contributed by atoms with Gasteiger partial charge < -0.3 is 4.90 Å². The topological polar surface area (TPSA) is 20.3 Å². The molecule has 0 aromatic carbocycles. The van der Waals surface area contributed by atoms with Gasteiger partial charge in [0, 0.05) is 34.0 Å². The molecule has 1 aromatic rings.